The number of fused-ring (bicyclic) bond motifs is 1. The minimum atomic E-state index is -0.332. The van der Waals surface area contributed by atoms with Gasteiger partial charge in [0.25, 0.3) is 0 Å². The summed E-state index contributed by atoms with van der Waals surface area (Å²) in [5.74, 6) is -0.0432. The monoisotopic (exact) mass is 431 g/mol. The highest BCUT2D eigenvalue weighted by molar-refractivity contribution is 9.10. The molecule has 3 aromatic rings. The molecule has 3 heterocycles. The third-order valence-corrected chi connectivity index (χ3v) is 6.12. The second-order valence-electron chi connectivity index (χ2n) is 6.12. The molecule has 0 radical (unpaired) electrons. The molecule has 1 atom stereocenters. The molecule has 1 N–H and O–H groups in total. The van der Waals surface area contributed by atoms with Crippen molar-refractivity contribution >= 4 is 49.8 Å². The third kappa shape index (κ3) is 3.81. The molecule has 0 spiro atoms. The van der Waals surface area contributed by atoms with Gasteiger partial charge in [-0.3, -0.25) is 14.7 Å². The lowest BCUT2D eigenvalue weighted by Gasteiger charge is -2.33. The van der Waals surface area contributed by atoms with Gasteiger partial charge >= 0.3 is 0 Å². The molecule has 1 fully saturated rings. The Labute approximate surface area is 164 Å². The van der Waals surface area contributed by atoms with Gasteiger partial charge in [-0.2, -0.15) is 0 Å². The standard InChI is InChI=1S/C19H18BrN3O2S/c20-14-10-17(26-12-14)18(23-5-7-25-8-6-23)19(24)22-15-9-13-3-1-2-4-16(13)21-11-15/h1-4,9-12,18H,5-8H2,(H,22,24)/t18-/m1/s1. The smallest absolute Gasteiger partial charge is 0.247 e. The Morgan fingerprint density at radius 1 is 1.27 bits per heavy atom. The predicted octanol–water partition coefficient (Wildman–Crippen LogP) is 4.07. The van der Waals surface area contributed by atoms with E-state index in [0.29, 0.717) is 18.9 Å². The Balaban J connectivity index is 1.60. The number of thiophene rings is 1. The van der Waals surface area contributed by atoms with E-state index in [1.54, 1.807) is 17.5 Å². The third-order valence-electron chi connectivity index (χ3n) is 4.37. The molecule has 134 valence electrons. The lowest BCUT2D eigenvalue weighted by Crippen LogP contribution is -2.43. The van der Waals surface area contributed by atoms with E-state index >= 15 is 0 Å². The van der Waals surface area contributed by atoms with Crippen LogP contribution in [0.25, 0.3) is 10.9 Å². The Morgan fingerprint density at radius 2 is 2.08 bits per heavy atom. The van der Waals surface area contributed by atoms with E-state index in [0.717, 1.165) is 33.3 Å². The molecule has 7 heteroatoms. The normalized spacial score (nSPS) is 16.5. The summed E-state index contributed by atoms with van der Waals surface area (Å²) in [6.45, 7) is 2.77. The topological polar surface area (TPSA) is 54.5 Å². The number of ether oxygens (including phenoxy) is 1. The van der Waals surface area contributed by atoms with Crippen LogP contribution in [0, 0.1) is 0 Å². The van der Waals surface area contributed by atoms with Gasteiger partial charge in [-0.15, -0.1) is 11.3 Å². The van der Waals surface area contributed by atoms with Crippen molar-refractivity contribution in [2.45, 2.75) is 6.04 Å². The highest BCUT2D eigenvalue weighted by atomic mass is 79.9. The van der Waals surface area contributed by atoms with Gasteiger partial charge in [-0.25, -0.2) is 0 Å². The number of carbonyl (C=O) groups excluding carboxylic acids is 1. The average Bonchev–Trinajstić information content (AvgIpc) is 3.08. The second-order valence-corrected chi connectivity index (χ2v) is 7.98. The van der Waals surface area contributed by atoms with Gasteiger partial charge in [0.05, 0.1) is 30.6 Å². The van der Waals surface area contributed by atoms with Crippen LogP contribution in [0.4, 0.5) is 5.69 Å². The van der Waals surface area contributed by atoms with E-state index in [4.69, 9.17) is 4.74 Å². The molecule has 1 aliphatic rings. The Morgan fingerprint density at radius 3 is 2.85 bits per heavy atom. The highest BCUT2D eigenvalue weighted by Gasteiger charge is 2.30. The van der Waals surface area contributed by atoms with Gasteiger partial charge in [0, 0.05) is 33.2 Å². The number of nitrogens with one attached hydrogen (secondary N) is 1. The molecule has 2 aromatic heterocycles. The SMILES string of the molecule is O=C(Nc1cnc2ccccc2c1)[C@@H](c1cc(Br)cs1)N1CCOCC1. The number of hydrogen-bond acceptors (Lipinski definition) is 5. The lowest BCUT2D eigenvalue weighted by molar-refractivity contribution is -0.123. The number of pyridine rings is 1. The Bertz CT molecular complexity index is 924. The van der Waals surface area contributed by atoms with E-state index in [1.807, 2.05) is 41.8 Å². The number of nitrogens with zero attached hydrogens (tertiary/aromatic N) is 2. The van der Waals surface area contributed by atoms with E-state index in [-0.39, 0.29) is 11.9 Å². The van der Waals surface area contributed by atoms with Gasteiger partial charge < -0.3 is 10.1 Å². The van der Waals surface area contributed by atoms with E-state index in [2.05, 4.69) is 31.1 Å². The number of aromatic nitrogens is 1. The van der Waals surface area contributed by atoms with Gasteiger partial charge in [-0.1, -0.05) is 18.2 Å². The average molecular weight is 432 g/mol. The van der Waals surface area contributed by atoms with Crippen LogP contribution < -0.4 is 5.32 Å². The minimum Gasteiger partial charge on any atom is -0.379 e. The maximum atomic E-state index is 13.1. The van der Waals surface area contributed by atoms with E-state index < -0.39 is 0 Å². The summed E-state index contributed by atoms with van der Waals surface area (Å²) >= 11 is 5.08. The number of rotatable bonds is 4. The summed E-state index contributed by atoms with van der Waals surface area (Å²) in [5.41, 5.74) is 1.62. The van der Waals surface area contributed by atoms with Crippen molar-refractivity contribution in [2.24, 2.45) is 0 Å². The zero-order chi connectivity index (χ0) is 17.9. The second kappa shape index (κ2) is 7.84. The number of halogens is 1. The lowest BCUT2D eigenvalue weighted by atomic mass is 10.1. The van der Waals surface area contributed by atoms with Crippen molar-refractivity contribution in [1.29, 1.82) is 0 Å². The van der Waals surface area contributed by atoms with Crippen molar-refractivity contribution in [1.82, 2.24) is 9.88 Å². The number of anilines is 1. The summed E-state index contributed by atoms with van der Waals surface area (Å²) in [5, 5.41) is 6.06. The molecule has 0 aliphatic carbocycles. The summed E-state index contributed by atoms with van der Waals surface area (Å²) < 4.78 is 6.44. The van der Waals surface area contributed by atoms with Crippen LogP contribution in [0.3, 0.4) is 0 Å². The fourth-order valence-corrected chi connectivity index (χ4v) is 4.71. The van der Waals surface area contributed by atoms with Crippen molar-refractivity contribution in [3.8, 4) is 0 Å². The van der Waals surface area contributed by atoms with Gasteiger partial charge in [0.2, 0.25) is 5.91 Å². The number of para-hydroxylation sites is 1. The number of hydrogen-bond donors (Lipinski definition) is 1. The first kappa shape index (κ1) is 17.6. The van der Waals surface area contributed by atoms with Crippen LogP contribution in [0.2, 0.25) is 0 Å². The summed E-state index contributed by atoms with van der Waals surface area (Å²) in [4.78, 5) is 20.7. The van der Waals surface area contributed by atoms with Crippen LogP contribution in [-0.4, -0.2) is 42.1 Å². The van der Waals surface area contributed by atoms with Crippen LogP contribution in [-0.2, 0) is 9.53 Å². The van der Waals surface area contributed by atoms with Crippen molar-refractivity contribution in [3.05, 3.63) is 57.3 Å². The largest absolute Gasteiger partial charge is 0.379 e. The number of amides is 1. The maximum absolute atomic E-state index is 13.1. The summed E-state index contributed by atoms with van der Waals surface area (Å²) in [6.07, 6.45) is 1.71. The molecule has 4 rings (SSSR count). The van der Waals surface area contributed by atoms with Crippen LogP contribution in [0.1, 0.15) is 10.9 Å². The zero-order valence-corrected chi connectivity index (χ0v) is 16.4. The van der Waals surface area contributed by atoms with Crippen molar-refractivity contribution in [3.63, 3.8) is 0 Å². The van der Waals surface area contributed by atoms with Crippen LogP contribution in [0.15, 0.2) is 52.4 Å². The van der Waals surface area contributed by atoms with Gasteiger partial charge in [0.15, 0.2) is 0 Å². The highest BCUT2D eigenvalue weighted by Crippen LogP contribution is 2.31. The number of morpholine rings is 1. The quantitative estimate of drug-likeness (QED) is 0.676. The first-order valence-corrected chi connectivity index (χ1v) is 10.1. The molecule has 1 amide bonds. The van der Waals surface area contributed by atoms with Crippen molar-refractivity contribution < 1.29 is 9.53 Å². The molecular formula is C19H18BrN3O2S. The molecule has 26 heavy (non-hydrogen) atoms. The Kier molecular flexibility index (Phi) is 5.31. The van der Waals surface area contributed by atoms with Crippen LogP contribution >= 0.6 is 27.3 Å². The number of carbonyl (C=O) groups is 1. The Hall–Kier alpha value is -1.80. The number of benzene rings is 1. The molecule has 0 saturated carbocycles. The van der Waals surface area contributed by atoms with Gasteiger partial charge in [-0.05, 0) is 34.1 Å². The zero-order valence-electron chi connectivity index (χ0n) is 14.0. The molecular weight excluding hydrogens is 414 g/mol. The molecule has 0 unspecified atom stereocenters. The molecule has 1 saturated heterocycles. The molecule has 1 aromatic carbocycles. The fourth-order valence-electron chi connectivity index (χ4n) is 3.13. The minimum absolute atomic E-state index is 0.0432. The first-order chi connectivity index (χ1) is 12.7. The summed E-state index contributed by atoms with van der Waals surface area (Å²) in [6, 6.07) is 11.5. The molecule has 5 nitrogen and oxygen atoms in total. The predicted molar refractivity (Wildman–Crippen MR) is 108 cm³/mol. The van der Waals surface area contributed by atoms with E-state index in [1.165, 1.54) is 0 Å². The van der Waals surface area contributed by atoms with Crippen molar-refractivity contribution in [2.75, 3.05) is 31.6 Å². The maximum Gasteiger partial charge on any atom is 0.247 e. The molecule has 0 bridgehead atoms. The van der Waals surface area contributed by atoms with Crippen LogP contribution in [0.5, 0.6) is 0 Å². The van der Waals surface area contributed by atoms with E-state index in [9.17, 15) is 4.79 Å². The molecule has 1 aliphatic heterocycles. The fraction of sp³-hybridized carbons (Fsp3) is 0.263. The first-order valence-electron chi connectivity index (χ1n) is 8.42. The summed E-state index contributed by atoms with van der Waals surface area (Å²) in [7, 11) is 0. The van der Waals surface area contributed by atoms with Gasteiger partial charge in [0.1, 0.15) is 6.04 Å².